The zero-order chi connectivity index (χ0) is 38.9. The van der Waals surface area contributed by atoms with Crippen LogP contribution >= 0.6 is 0 Å². The molecule has 59 heavy (non-hydrogen) atoms. The Balaban J connectivity index is 1.18. The standard InChI is InChI=1S/C58H37N/c1-4-19-38(20-5-1)53-44-28-10-12-30-46(44)54(47-31-13-11-29-45(47)53)39-21-18-22-40(37-39)57-56-48(43-27-15-17-34-52(43)59-57)35-36-51-55(56)49-32-14-16-33-50(49)58(51,41-23-6-2-7-24-41)42-25-8-3-9-26-42/h1-37H. The molecule has 0 saturated heterocycles. The van der Waals surface area contributed by atoms with Crippen molar-refractivity contribution in [1.29, 1.82) is 0 Å². The second-order valence-electron chi connectivity index (χ2n) is 15.7. The molecule has 0 unspecified atom stereocenters. The van der Waals surface area contributed by atoms with Crippen molar-refractivity contribution in [3.8, 4) is 44.6 Å². The van der Waals surface area contributed by atoms with Crippen LogP contribution in [0.4, 0.5) is 0 Å². The van der Waals surface area contributed by atoms with E-state index in [9.17, 15) is 0 Å². The Morgan fingerprint density at radius 2 is 0.797 bits per heavy atom. The van der Waals surface area contributed by atoms with Crippen LogP contribution in [-0.2, 0) is 5.41 Å². The van der Waals surface area contributed by atoms with Crippen molar-refractivity contribution >= 4 is 43.2 Å². The average Bonchev–Trinajstić information content (AvgIpc) is 3.62. The summed E-state index contributed by atoms with van der Waals surface area (Å²) in [7, 11) is 0. The number of rotatable bonds is 5. The molecular weight excluding hydrogens is 711 g/mol. The number of para-hydroxylation sites is 1. The molecule has 1 heteroatoms. The summed E-state index contributed by atoms with van der Waals surface area (Å²) in [6.07, 6.45) is 0. The second-order valence-corrected chi connectivity index (χ2v) is 15.7. The van der Waals surface area contributed by atoms with E-state index in [1.165, 1.54) is 88.0 Å². The van der Waals surface area contributed by atoms with Crippen LogP contribution in [0.3, 0.4) is 0 Å². The van der Waals surface area contributed by atoms with E-state index in [0.717, 1.165) is 22.2 Å². The molecule has 0 bridgehead atoms. The molecule has 10 aromatic carbocycles. The fraction of sp³-hybridized carbons (Fsp3) is 0.0172. The molecule has 12 rings (SSSR count). The van der Waals surface area contributed by atoms with E-state index < -0.39 is 5.41 Å². The molecule has 11 aromatic rings. The van der Waals surface area contributed by atoms with Crippen molar-refractivity contribution in [2.45, 2.75) is 5.41 Å². The van der Waals surface area contributed by atoms with E-state index in [1.807, 2.05) is 0 Å². The molecule has 0 fully saturated rings. The SMILES string of the molecule is c1ccc(-c2c3ccccc3c(-c3cccc(-c4nc5ccccc5c5ccc6c(c45)-c4ccccc4C6(c4ccccc4)c4ccccc4)c3)c3ccccc23)cc1. The van der Waals surface area contributed by atoms with Gasteiger partial charge in [-0.2, -0.15) is 0 Å². The average molecular weight is 748 g/mol. The molecule has 0 saturated carbocycles. The highest BCUT2D eigenvalue weighted by molar-refractivity contribution is 6.22. The van der Waals surface area contributed by atoms with Crippen LogP contribution in [0.1, 0.15) is 22.3 Å². The van der Waals surface area contributed by atoms with Gasteiger partial charge in [-0.1, -0.05) is 212 Å². The van der Waals surface area contributed by atoms with E-state index in [-0.39, 0.29) is 0 Å². The summed E-state index contributed by atoms with van der Waals surface area (Å²) in [5.74, 6) is 0. The lowest BCUT2D eigenvalue weighted by Gasteiger charge is -2.34. The number of benzene rings is 10. The largest absolute Gasteiger partial charge is 0.247 e. The Hall–Kier alpha value is -7.61. The molecule has 1 aromatic heterocycles. The van der Waals surface area contributed by atoms with Crippen LogP contribution in [0.5, 0.6) is 0 Å². The van der Waals surface area contributed by atoms with Gasteiger partial charge in [-0.25, -0.2) is 4.98 Å². The Kier molecular flexibility index (Phi) is 7.52. The molecule has 1 aliphatic carbocycles. The van der Waals surface area contributed by atoms with Gasteiger partial charge in [0.15, 0.2) is 0 Å². The molecule has 0 atom stereocenters. The maximum atomic E-state index is 5.63. The lowest BCUT2D eigenvalue weighted by atomic mass is 9.67. The van der Waals surface area contributed by atoms with Crippen LogP contribution in [0, 0.1) is 0 Å². The van der Waals surface area contributed by atoms with E-state index in [2.05, 4.69) is 224 Å². The van der Waals surface area contributed by atoms with Gasteiger partial charge in [0.1, 0.15) is 0 Å². The maximum Gasteiger partial charge on any atom is 0.0794 e. The minimum Gasteiger partial charge on any atom is -0.247 e. The summed E-state index contributed by atoms with van der Waals surface area (Å²) >= 11 is 0. The van der Waals surface area contributed by atoms with Crippen LogP contribution in [0.25, 0.3) is 87.9 Å². The van der Waals surface area contributed by atoms with Crippen LogP contribution in [0.15, 0.2) is 224 Å². The van der Waals surface area contributed by atoms with Crippen LogP contribution < -0.4 is 0 Å². The highest BCUT2D eigenvalue weighted by Crippen LogP contribution is 2.59. The highest BCUT2D eigenvalue weighted by atomic mass is 14.7. The van der Waals surface area contributed by atoms with Gasteiger partial charge in [0, 0.05) is 16.3 Å². The van der Waals surface area contributed by atoms with Gasteiger partial charge in [0.2, 0.25) is 0 Å². The fourth-order valence-corrected chi connectivity index (χ4v) is 10.4. The Bertz CT molecular complexity index is 3320. The fourth-order valence-electron chi connectivity index (χ4n) is 10.4. The quantitative estimate of drug-likeness (QED) is 0.126. The van der Waals surface area contributed by atoms with Gasteiger partial charge < -0.3 is 0 Å². The van der Waals surface area contributed by atoms with Gasteiger partial charge >= 0.3 is 0 Å². The molecule has 0 aliphatic heterocycles. The second kappa shape index (κ2) is 13.2. The smallest absolute Gasteiger partial charge is 0.0794 e. The summed E-state index contributed by atoms with van der Waals surface area (Å²) in [5.41, 5.74) is 15.1. The van der Waals surface area contributed by atoms with Gasteiger partial charge in [-0.3, -0.25) is 0 Å². The van der Waals surface area contributed by atoms with Crippen molar-refractivity contribution in [3.05, 3.63) is 247 Å². The minimum absolute atomic E-state index is 0.508. The summed E-state index contributed by atoms with van der Waals surface area (Å²) in [6.45, 7) is 0. The molecule has 0 spiro atoms. The van der Waals surface area contributed by atoms with Crippen molar-refractivity contribution in [2.24, 2.45) is 0 Å². The number of fused-ring (bicyclic) bond motifs is 9. The molecule has 1 nitrogen and oxygen atoms in total. The lowest BCUT2D eigenvalue weighted by Crippen LogP contribution is -2.28. The highest BCUT2D eigenvalue weighted by Gasteiger charge is 2.47. The van der Waals surface area contributed by atoms with Crippen molar-refractivity contribution in [3.63, 3.8) is 0 Å². The molecule has 274 valence electrons. The van der Waals surface area contributed by atoms with Gasteiger partial charge in [0.05, 0.1) is 16.6 Å². The van der Waals surface area contributed by atoms with Gasteiger partial charge in [-0.15, -0.1) is 0 Å². The number of pyridine rings is 1. The van der Waals surface area contributed by atoms with Crippen LogP contribution in [-0.4, -0.2) is 4.98 Å². The van der Waals surface area contributed by atoms with E-state index in [4.69, 9.17) is 4.98 Å². The predicted molar refractivity (Wildman–Crippen MR) is 248 cm³/mol. The predicted octanol–water partition coefficient (Wildman–Crippen LogP) is 15.1. The molecule has 1 heterocycles. The summed E-state index contributed by atoms with van der Waals surface area (Å²) in [4.78, 5) is 5.63. The summed E-state index contributed by atoms with van der Waals surface area (Å²) < 4.78 is 0. The zero-order valence-corrected chi connectivity index (χ0v) is 32.3. The van der Waals surface area contributed by atoms with Gasteiger partial charge in [0.25, 0.3) is 0 Å². The first-order valence-corrected chi connectivity index (χ1v) is 20.5. The summed E-state index contributed by atoms with van der Waals surface area (Å²) in [6, 6.07) is 82.3. The van der Waals surface area contributed by atoms with Crippen molar-refractivity contribution in [1.82, 2.24) is 4.98 Å². The van der Waals surface area contributed by atoms with E-state index >= 15 is 0 Å². The van der Waals surface area contributed by atoms with E-state index in [0.29, 0.717) is 0 Å². The number of hydrogen-bond donors (Lipinski definition) is 0. The normalized spacial score (nSPS) is 12.9. The Labute approximate surface area is 343 Å². The van der Waals surface area contributed by atoms with Crippen LogP contribution in [0.2, 0.25) is 0 Å². The number of hydrogen-bond acceptors (Lipinski definition) is 1. The lowest BCUT2D eigenvalue weighted by molar-refractivity contribution is 0.769. The van der Waals surface area contributed by atoms with E-state index in [1.54, 1.807) is 0 Å². The first-order chi connectivity index (χ1) is 29.3. The molecule has 1 aliphatic rings. The number of aromatic nitrogens is 1. The zero-order valence-electron chi connectivity index (χ0n) is 32.3. The topological polar surface area (TPSA) is 12.9 Å². The Morgan fingerprint density at radius 3 is 1.44 bits per heavy atom. The third-order valence-electron chi connectivity index (χ3n) is 12.7. The summed E-state index contributed by atoms with van der Waals surface area (Å²) in [5, 5.41) is 8.54. The first-order valence-electron chi connectivity index (χ1n) is 20.5. The molecule has 0 radical (unpaired) electrons. The number of nitrogens with zero attached hydrogens (tertiary/aromatic N) is 1. The molecule has 0 N–H and O–H groups in total. The molecular formula is C58H37N. The monoisotopic (exact) mass is 747 g/mol. The Morgan fingerprint density at radius 1 is 0.305 bits per heavy atom. The molecule has 0 amide bonds. The minimum atomic E-state index is -0.508. The third kappa shape index (κ3) is 4.89. The van der Waals surface area contributed by atoms with Crippen molar-refractivity contribution < 1.29 is 0 Å². The van der Waals surface area contributed by atoms with Crippen molar-refractivity contribution in [2.75, 3.05) is 0 Å². The third-order valence-corrected chi connectivity index (χ3v) is 12.7. The first kappa shape index (κ1) is 33.5. The van der Waals surface area contributed by atoms with Gasteiger partial charge in [-0.05, 0) is 94.7 Å². The maximum absolute atomic E-state index is 5.63.